The van der Waals surface area contributed by atoms with Crippen molar-refractivity contribution in [2.24, 2.45) is 5.92 Å². The molecule has 1 aromatic carbocycles. The summed E-state index contributed by atoms with van der Waals surface area (Å²) in [7, 11) is 0. The Hall–Kier alpha value is -2.76. The Kier molecular flexibility index (Phi) is 4.17. The van der Waals surface area contributed by atoms with Crippen molar-refractivity contribution in [3.63, 3.8) is 0 Å². The van der Waals surface area contributed by atoms with Crippen molar-refractivity contribution in [2.75, 3.05) is 13.2 Å². The minimum atomic E-state index is -0.322. The number of amides is 2. The van der Waals surface area contributed by atoms with Gasteiger partial charge in [0.25, 0.3) is 0 Å². The molecule has 6 heteroatoms. The van der Waals surface area contributed by atoms with Crippen molar-refractivity contribution < 1.29 is 18.7 Å². The number of nitrogens with one attached hydrogen (secondary N) is 1. The molecular weight excluding hydrogens is 320 g/mol. The standard InChI is InChI=1S/C19H20N2O4/c22-18-10-13(11-21(18)12-14-4-3-8-24-14)19(23)20-16-7-9-25-17-6-2-1-5-15(16)17/h1-6,8,13,16H,7,9-12H2,(H,20,23)/t13-,16+/m0/s1. The summed E-state index contributed by atoms with van der Waals surface area (Å²) in [4.78, 5) is 26.5. The van der Waals surface area contributed by atoms with Crippen LogP contribution in [0.5, 0.6) is 5.75 Å². The molecule has 2 amide bonds. The monoisotopic (exact) mass is 340 g/mol. The zero-order valence-electron chi connectivity index (χ0n) is 13.8. The number of benzene rings is 1. The predicted octanol–water partition coefficient (Wildman–Crippen LogP) is 2.27. The smallest absolute Gasteiger partial charge is 0.225 e. The molecule has 1 saturated heterocycles. The van der Waals surface area contributed by atoms with E-state index in [0.717, 1.165) is 23.5 Å². The van der Waals surface area contributed by atoms with Gasteiger partial charge in [-0.1, -0.05) is 18.2 Å². The molecule has 0 radical (unpaired) electrons. The van der Waals surface area contributed by atoms with Crippen molar-refractivity contribution in [3.05, 3.63) is 54.0 Å². The number of carbonyl (C=O) groups is 2. The summed E-state index contributed by atoms with van der Waals surface area (Å²) >= 11 is 0. The van der Waals surface area contributed by atoms with E-state index in [2.05, 4.69) is 5.32 Å². The van der Waals surface area contributed by atoms with Crippen molar-refractivity contribution >= 4 is 11.8 Å². The van der Waals surface area contributed by atoms with Gasteiger partial charge in [0.1, 0.15) is 11.5 Å². The van der Waals surface area contributed by atoms with Gasteiger partial charge < -0.3 is 19.4 Å². The van der Waals surface area contributed by atoms with Crippen molar-refractivity contribution in [2.45, 2.75) is 25.4 Å². The summed E-state index contributed by atoms with van der Waals surface area (Å²) < 4.78 is 10.9. The van der Waals surface area contributed by atoms with E-state index < -0.39 is 0 Å². The molecule has 2 atom stereocenters. The number of hydrogen-bond donors (Lipinski definition) is 1. The lowest BCUT2D eigenvalue weighted by atomic mass is 9.99. The Morgan fingerprint density at radius 1 is 1.24 bits per heavy atom. The van der Waals surface area contributed by atoms with Crippen LogP contribution in [0.3, 0.4) is 0 Å². The van der Waals surface area contributed by atoms with Crippen LogP contribution in [0.25, 0.3) is 0 Å². The lowest BCUT2D eigenvalue weighted by molar-refractivity contribution is -0.129. The maximum Gasteiger partial charge on any atom is 0.225 e. The second-order valence-electron chi connectivity index (χ2n) is 6.49. The number of furan rings is 1. The lowest BCUT2D eigenvalue weighted by Crippen LogP contribution is -2.37. The summed E-state index contributed by atoms with van der Waals surface area (Å²) in [6, 6.07) is 11.3. The Morgan fingerprint density at radius 2 is 2.12 bits per heavy atom. The van der Waals surface area contributed by atoms with Gasteiger partial charge in [-0.2, -0.15) is 0 Å². The van der Waals surface area contributed by atoms with E-state index in [-0.39, 0.29) is 30.2 Å². The molecule has 0 saturated carbocycles. The SMILES string of the molecule is O=C(N[C@@H]1CCOc2ccccc21)[C@H]1CC(=O)N(Cc2ccco2)C1. The molecular formula is C19H20N2O4. The number of para-hydroxylation sites is 1. The van der Waals surface area contributed by atoms with Crippen LogP contribution in [0.2, 0.25) is 0 Å². The average Bonchev–Trinajstić information content (AvgIpc) is 3.26. The molecule has 25 heavy (non-hydrogen) atoms. The van der Waals surface area contributed by atoms with E-state index in [4.69, 9.17) is 9.15 Å². The molecule has 4 rings (SSSR count). The Balaban J connectivity index is 1.40. The minimum absolute atomic E-state index is 0.0103. The van der Waals surface area contributed by atoms with Crippen LogP contribution in [-0.4, -0.2) is 29.9 Å². The second kappa shape index (κ2) is 6.63. The Morgan fingerprint density at radius 3 is 2.96 bits per heavy atom. The van der Waals surface area contributed by atoms with Crippen LogP contribution in [0, 0.1) is 5.92 Å². The number of likely N-dealkylation sites (tertiary alicyclic amines) is 1. The molecule has 1 N–H and O–H groups in total. The van der Waals surface area contributed by atoms with Crippen molar-refractivity contribution in [3.8, 4) is 5.75 Å². The zero-order chi connectivity index (χ0) is 17.2. The van der Waals surface area contributed by atoms with E-state index in [1.165, 1.54) is 0 Å². The number of fused-ring (bicyclic) bond motifs is 1. The first-order chi connectivity index (χ1) is 12.2. The van der Waals surface area contributed by atoms with Gasteiger partial charge in [-0.05, 0) is 18.2 Å². The molecule has 2 aliphatic heterocycles. The van der Waals surface area contributed by atoms with Gasteiger partial charge in [0.2, 0.25) is 11.8 Å². The molecule has 3 heterocycles. The topological polar surface area (TPSA) is 71.8 Å². The molecule has 0 spiro atoms. The molecule has 1 fully saturated rings. The fourth-order valence-corrected chi connectivity index (χ4v) is 3.47. The third-order valence-electron chi connectivity index (χ3n) is 4.79. The summed E-state index contributed by atoms with van der Waals surface area (Å²) in [5, 5.41) is 3.10. The molecule has 2 aliphatic rings. The highest BCUT2D eigenvalue weighted by atomic mass is 16.5. The van der Waals surface area contributed by atoms with Gasteiger partial charge in [0.05, 0.1) is 31.4 Å². The number of ether oxygens (including phenoxy) is 1. The van der Waals surface area contributed by atoms with Gasteiger partial charge in [0.15, 0.2) is 0 Å². The summed E-state index contributed by atoms with van der Waals surface area (Å²) in [6.45, 7) is 1.42. The molecule has 130 valence electrons. The Labute approximate surface area is 145 Å². The van der Waals surface area contributed by atoms with Gasteiger partial charge >= 0.3 is 0 Å². The van der Waals surface area contributed by atoms with Gasteiger partial charge in [-0.25, -0.2) is 0 Å². The number of rotatable bonds is 4. The van der Waals surface area contributed by atoms with E-state index in [1.54, 1.807) is 17.2 Å². The first kappa shape index (κ1) is 15.7. The fourth-order valence-electron chi connectivity index (χ4n) is 3.47. The predicted molar refractivity (Wildman–Crippen MR) is 89.7 cm³/mol. The van der Waals surface area contributed by atoms with Crippen LogP contribution in [0.4, 0.5) is 0 Å². The van der Waals surface area contributed by atoms with Crippen LogP contribution in [0.15, 0.2) is 47.1 Å². The third kappa shape index (κ3) is 3.24. The van der Waals surface area contributed by atoms with Gasteiger partial charge in [-0.15, -0.1) is 0 Å². The molecule has 1 aromatic heterocycles. The first-order valence-corrected chi connectivity index (χ1v) is 8.53. The summed E-state index contributed by atoms with van der Waals surface area (Å²) in [5.41, 5.74) is 0.999. The van der Waals surface area contributed by atoms with Crippen LogP contribution < -0.4 is 10.1 Å². The lowest BCUT2D eigenvalue weighted by Gasteiger charge is -2.27. The largest absolute Gasteiger partial charge is 0.493 e. The minimum Gasteiger partial charge on any atom is -0.493 e. The number of carbonyl (C=O) groups excluding carboxylic acids is 2. The average molecular weight is 340 g/mol. The normalized spacial score (nSPS) is 22.4. The number of nitrogens with zero attached hydrogens (tertiary/aromatic N) is 1. The summed E-state index contributed by atoms with van der Waals surface area (Å²) in [5.74, 6) is 1.15. The molecule has 0 bridgehead atoms. The van der Waals surface area contributed by atoms with E-state index in [9.17, 15) is 9.59 Å². The van der Waals surface area contributed by atoms with Crippen LogP contribution >= 0.6 is 0 Å². The molecule has 0 unspecified atom stereocenters. The van der Waals surface area contributed by atoms with Crippen molar-refractivity contribution in [1.82, 2.24) is 10.2 Å². The quantitative estimate of drug-likeness (QED) is 0.927. The van der Waals surface area contributed by atoms with E-state index >= 15 is 0 Å². The molecule has 2 aromatic rings. The zero-order valence-corrected chi connectivity index (χ0v) is 13.8. The molecule has 0 aliphatic carbocycles. The fraction of sp³-hybridized carbons (Fsp3) is 0.368. The van der Waals surface area contributed by atoms with E-state index in [1.807, 2.05) is 30.3 Å². The highest BCUT2D eigenvalue weighted by molar-refractivity contribution is 5.89. The van der Waals surface area contributed by atoms with Crippen molar-refractivity contribution in [1.29, 1.82) is 0 Å². The van der Waals surface area contributed by atoms with E-state index in [0.29, 0.717) is 19.7 Å². The highest BCUT2D eigenvalue weighted by Gasteiger charge is 2.36. The first-order valence-electron chi connectivity index (χ1n) is 8.53. The van der Waals surface area contributed by atoms with Crippen LogP contribution in [0.1, 0.15) is 30.2 Å². The second-order valence-corrected chi connectivity index (χ2v) is 6.49. The molecule has 6 nitrogen and oxygen atoms in total. The maximum absolute atomic E-state index is 12.7. The van der Waals surface area contributed by atoms with Gasteiger partial charge in [0, 0.05) is 24.9 Å². The van der Waals surface area contributed by atoms with Crippen LogP contribution in [-0.2, 0) is 16.1 Å². The highest BCUT2D eigenvalue weighted by Crippen LogP contribution is 2.32. The maximum atomic E-state index is 12.7. The summed E-state index contributed by atoms with van der Waals surface area (Å²) in [6.07, 6.45) is 2.57. The van der Waals surface area contributed by atoms with Gasteiger partial charge in [-0.3, -0.25) is 9.59 Å². The number of hydrogen-bond acceptors (Lipinski definition) is 4. The Bertz CT molecular complexity index is 771. The third-order valence-corrected chi connectivity index (χ3v) is 4.79.